The number of hydrogen-bond acceptors (Lipinski definition) is 6. The number of rotatable bonds is 6. The van der Waals surface area contributed by atoms with Crippen molar-refractivity contribution in [2.75, 3.05) is 32.6 Å². The van der Waals surface area contributed by atoms with Gasteiger partial charge in [0.05, 0.1) is 19.7 Å². The van der Waals surface area contributed by atoms with Crippen molar-refractivity contribution in [1.82, 2.24) is 14.9 Å². The highest BCUT2D eigenvalue weighted by molar-refractivity contribution is 5.93. The molecule has 160 valence electrons. The molecule has 1 aliphatic rings. The Morgan fingerprint density at radius 1 is 1.00 bits per heavy atom. The molecule has 1 fully saturated rings. The van der Waals surface area contributed by atoms with E-state index in [0.29, 0.717) is 17.3 Å². The molecule has 7 nitrogen and oxygen atoms in total. The average molecular weight is 418 g/mol. The topological polar surface area (TPSA) is 76.6 Å². The van der Waals surface area contributed by atoms with Gasteiger partial charge in [-0.15, -0.1) is 0 Å². The van der Waals surface area contributed by atoms with E-state index in [1.165, 1.54) is 12.7 Å². The molecule has 2 heterocycles. The lowest BCUT2D eigenvalue weighted by Gasteiger charge is -2.25. The molecule has 4 rings (SSSR count). The molecule has 0 unspecified atom stereocenters. The molecule has 0 aliphatic carbocycles. The molecule has 1 N–H and O–H groups in total. The van der Waals surface area contributed by atoms with Crippen molar-refractivity contribution < 1.29 is 14.3 Å². The smallest absolute Gasteiger partial charge is 0.246 e. The highest BCUT2D eigenvalue weighted by atomic mass is 16.5. The Balaban J connectivity index is 1.49. The number of amides is 1. The molecule has 1 amide bonds. The predicted molar refractivity (Wildman–Crippen MR) is 122 cm³/mol. The summed E-state index contributed by atoms with van der Waals surface area (Å²) in [4.78, 5) is 22.9. The van der Waals surface area contributed by atoms with Gasteiger partial charge in [-0.3, -0.25) is 4.79 Å². The number of carbonyl (C=O) groups is 1. The fourth-order valence-corrected chi connectivity index (χ4v) is 3.68. The van der Waals surface area contributed by atoms with Crippen molar-refractivity contribution in [3.8, 4) is 11.5 Å². The number of ether oxygens (including phenoxy) is 2. The monoisotopic (exact) mass is 418 g/mol. The zero-order valence-corrected chi connectivity index (χ0v) is 17.8. The molecule has 7 heteroatoms. The van der Waals surface area contributed by atoms with Crippen LogP contribution >= 0.6 is 0 Å². The molecule has 0 radical (unpaired) electrons. The van der Waals surface area contributed by atoms with Crippen molar-refractivity contribution in [3.05, 3.63) is 54.4 Å². The van der Waals surface area contributed by atoms with Crippen LogP contribution in [-0.4, -0.2) is 48.1 Å². The van der Waals surface area contributed by atoms with Gasteiger partial charge >= 0.3 is 0 Å². The largest absolute Gasteiger partial charge is 0.493 e. The van der Waals surface area contributed by atoms with Gasteiger partial charge in [-0.25, -0.2) is 9.97 Å². The number of hydrogen-bond donors (Lipinski definition) is 1. The zero-order valence-electron chi connectivity index (χ0n) is 17.8. The van der Waals surface area contributed by atoms with Gasteiger partial charge in [0, 0.05) is 36.3 Å². The minimum Gasteiger partial charge on any atom is -0.493 e. The number of likely N-dealkylation sites (tertiary alicyclic amines) is 1. The Hall–Kier alpha value is -3.61. The summed E-state index contributed by atoms with van der Waals surface area (Å²) in [6.07, 6.45) is 8.43. The van der Waals surface area contributed by atoms with Crippen molar-refractivity contribution in [3.63, 3.8) is 0 Å². The lowest BCUT2D eigenvalue weighted by molar-refractivity contribution is -0.126. The van der Waals surface area contributed by atoms with Crippen LogP contribution in [0.4, 0.5) is 11.5 Å². The van der Waals surface area contributed by atoms with Crippen molar-refractivity contribution in [2.24, 2.45) is 0 Å². The van der Waals surface area contributed by atoms with Gasteiger partial charge in [0.15, 0.2) is 11.5 Å². The lowest BCUT2D eigenvalue weighted by Crippen LogP contribution is -2.34. The molecule has 1 aromatic heterocycles. The maximum atomic E-state index is 12.3. The zero-order chi connectivity index (χ0) is 21.6. The summed E-state index contributed by atoms with van der Waals surface area (Å²) in [6.45, 7) is 1.71. The molecule has 31 heavy (non-hydrogen) atoms. The van der Waals surface area contributed by atoms with Gasteiger partial charge in [-0.2, -0.15) is 0 Å². The molecule has 0 bridgehead atoms. The Labute approximate surface area is 181 Å². The number of piperidine rings is 1. The Bertz CT molecular complexity index is 1090. The average Bonchev–Trinajstić information content (AvgIpc) is 2.83. The fraction of sp³-hybridized carbons (Fsp3) is 0.292. The second kappa shape index (κ2) is 9.47. The van der Waals surface area contributed by atoms with E-state index in [0.717, 1.165) is 48.1 Å². The van der Waals surface area contributed by atoms with E-state index in [1.54, 1.807) is 20.3 Å². The van der Waals surface area contributed by atoms with Gasteiger partial charge in [0.1, 0.15) is 12.1 Å². The van der Waals surface area contributed by atoms with Gasteiger partial charge in [0.25, 0.3) is 0 Å². The predicted octanol–water partition coefficient (Wildman–Crippen LogP) is 4.42. The number of benzene rings is 2. The minimum absolute atomic E-state index is 0.0822. The lowest BCUT2D eigenvalue weighted by atomic mass is 10.1. The summed E-state index contributed by atoms with van der Waals surface area (Å²) in [6, 6.07) is 11.5. The summed E-state index contributed by atoms with van der Waals surface area (Å²) in [7, 11) is 3.20. The number of fused-ring (bicyclic) bond motifs is 1. The standard InChI is InChI=1S/C24H26N4O3/c1-30-21-14-19-20(15-22(21)31-2)25-16-26-24(19)27-18-9-6-17(7-10-18)8-11-23(29)28-12-4-3-5-13-28/h6-11,14-16H,3-5,12-13H2,1-2H3,(H,25,26,27)/b11-8+. The number of methoxy groups -OCH3 is 2. The fourth-order valence-electron chi connectivity index (χ4n) is 3.68. The third-order valence-electron chi connectivity index (χ3n) is 5.40. The number of aromatic nitrogens is 2. The van der Waals surface area contributed by atoms with Gasteiger partial charge < -0.3 is 19.7 Å². The van der Waals surface area contributed by atoms with Crippen LogP contribution in [0, 0.1) is 0 Å². The summed E-state index contributed by atoms with van der Waals surface area (Å²) in [5.41, 5.74) is 2.61. The third kappa shape index (κ3) is 4.77. The molecular weight excluding hydrogens is 392 g/mol. The first-order valence-electron chi connectivity index (χ1n) is 10.4. The van der Waals surface area contributed by atoms with E-state index in [2.05, 4.69) is 15.3 Å². The van der Waals surface area contributed by atoms with E-state index in [1.807, 2.05) is 47.4 Å². The highest BCUT2D eigenvalue weighted by Crippen LogP contribution is 2.34. The van der Waals surface area contributed by atoms with E-state index in [4.69, 9.17) is 9.47 Å². The second-order valence-electron chi connectivity index (χ2n) is 7.41. The summed E-state index contributed by atoms with van der Waals surface area (Å²) in [5, 5.41) is 4.16. The Morgan fingerprint density at radius 2 is 1.71 bits per heavy atom. The van der Waals surface area contributed by atoms with E-state index >= 15 is 0 Å². The van der Waals surface area contributed by atoms with Crippen LogP contribution in [0.25, 0.3) is 17.0 Å². The first kappa shape index (κ1) is 20.7. The molecule has 3 aromatic rings. The Morgan fingerprint density at radius 3 is 2.42 bits per heavy atom. The van der Waals surface area contributed by atoms with Crippen LogP contribution in [0.3, 0.4) is 0 Å². The molecule has 0 atom stereocenters. The molecule has 0 saturated carbocycles. The highest BCUT2D eigenvalue weighted by Gasteiger charge is 2.14. The summed E-state index contributed by atoms with van der Waals surface area (Å²) in [5.74, 6) is 2.00. The van der Waals surface area contributed by atoms with Gasteiger partial charge in [0.2, 0.25) is 5.91 Å². The number of nitrogens with zero attached hydrogens (tertiary/aromatic N) is 3. The normalized spacial score (nSPS) is 14.1. The number of anilines is 2. The maximum absolute atomic E-state index is 12.3. The maximum Gasteiger partial charge on any atom is 0.246 e. The molecule has 2 aromatic carbocycles. The van der Waals surface area contributed by atoms with Crippen LogP contribution in [0.5, 0.6) is 11.5 Å². The SMILES string of the molecule is COc1cc2ncnc(Nc3ccc(/C=C/C(=O)N4CCCCC4)cc3)c2cc1OC. The molecule has 1 saturated heterocycles. The van der Waals surface area contributed by atoms with Crippen molar-refractivity contribution in [1.29, 1.82) is 0 Å². The van der Waals surface area contributed by atoms with E-state index < -0.39 is 0 Å². The first-order valence-corrected chi connectivity index (χ1v) is 10.4. The molecular formula is C24H26N4O3. The van der Waals surface area contributed by atoms with Crippen LogP contribution in [-0.2, 0) is 4.79 Å². The van der Waals surface area contributed by atoms with Crippen LogP contribution < -0.4 is 14.8 Å². The minimum atomic E-state index is 0.0822. The third-order valence-corrected chi connectivity index (χ3v) is 5.40. The van der Waals surface area contributed by atoms with E-state index in [9.17, 15) is 4.79 Å². The molecule has 1 aliphatic heterocycles. The second-order valence-corrected chi connectivity index (χ2v) is 7.41. The van der Waals surface area contributed by atoms with Crippen LogP contribution in [0.1, 0.15) is 24.8 Å². The first-order chi connectivity index (χ1) is 15.2. The van der Waals surface area contributed by atoms with E-state index in [-0.39, 0.29) is 5.91 Å². The molecule has 0 spiro atoms. The summed E-state index contributed by atoms with van der Waals surface area (Å²) >= 11 is 0. The number of nitrogens with one attached hydrogen (secondary N) is 1. The van der Waals surface area contributed by atoms with Crippen molar-refractivity contribution in [2.45, 2.75) is 19.3 Å². The van der Waals surface area contributed by atoms with Gasteiger partial charge in [-0.05, 0) is 49.1 Å². The quantitative estimate of drug-likeness (QED) is 0.598. The van der Waals surface area contributed by atoms with Crippen LogP contribution in [0.15, 0.2) is 48.8 Å². The van der Waals surface area contributed by atoms with Crippen LogP contribution in [0.2, 0.25) is 0 Å². The van der Waals surface area contributed by atoms with Gasteiger partial charge in [-0.1, -0.05) is 12.1 Å². The Kier molecular flexibility index (Phi) is 6.31. The summed E-state index contributed by atoms with van der Waals surface area (Å²) < 4.78 is 10.8. The number of carbonyl (C=O) groups excluding carboxylic acids is 1. The van der Waals surface area contributed by atoms with Crippen molar-refractivity contribution >= 4 is 34.4 Å².